The summed E-state index contributed by atoms with van der Waals surface area (Å²) in [4.78, 5) is 4.01. The van der Waals surface area contributed by atoms with Crippen LogP contribution in [0.5, 0.6) is 0 Å². The molecule has 1 heterocycles. The van der Waals surface area contributed by atoms with Crippen LogP contribution in [0.4, 0.5) is 17.6 Å². The first-order valence-corrected chi connectivity index (χ1v) is 6.59. The van der Waals surface area contributed by atoms with Crippen LogP contribution in [0.3, 0.4) is 0 Å². The molecule has 0 aliphatic heterocycles. The van der Waals surface area contributed by atoms with Crippen LogP contribution in [0.2, 0.25) is 0 Å². The number of pyridine rings is 1. The molecule has 0 bridgehead atoms. The highest BCUT2D eigenvalue weighted by Crippen LogP contribution is 2.31. The van der Waals surface area contributed by atoms with Crippen LogP contribution in [0, 0.1) is 11.7 Å². The number of halogens is 4. The van der Waals surface area contributed by atoms with Crippen LogP contribution in [-0.4, -0.2) is 4.98 Å². The SMILES string of the molecule is CC(C)Cc1cc(-c2ccc(C(F)(F)F)cc2)c(F)cn1. The Morgan fingerprint density at radius 3 is 2.24 bits per heavy atom. The molecule has 0 spiro atoms. The third kappa shape index (κ3) is 3.80. The van der Waals surface area contributed by atoms with Crippen molar-refractivity contribution < 1.29 is 17.6 Å². The molecule has 0 amide bonds. The summed E-state index contributed by atoms with van der Waals surface area (Å²) < 4.78 is 51.4. The Kier molecular flexibility index (Phi) is 4.30. The van der Waals surface area contributed by atoms with Gasteiger partial charge in [0.05, 0.1) is 11.8 Å². The average Bonchev–Trinajstić information content (AvgIpc) is 2.39. The average molecular weight is 297 g/mol. The van der Waals surface area contributed by atoms with Crippen molar-refractivity contribution in [2.24, 2.45) is 5.92 Å². The summed E-state index contributed by atoms with van der Waals surface area (Å²) in [5.74, 6) is -0.175. The van der Waals surface area contributed by atoms with Crippen LogP contribution in [0.1, 0.15) is 25.1 Å². The summed E-state index contributed by atoms with van der Waals surface area (Å²) in [6.07, 6.45) is -2.59. The lowest BCUT2D eigenvalue weighted by atomic mass is 10.0. The minimum atomic E-state index is -4.39. The molecule has 0 radical (unpaired) electrons. The van der Waals surface area contributed by atoms with Crippen molar-refractivity contribution >= 4 is 0 Å². The van der Waals surface area contributed by atoms with Gasteiger partial charge in [0.15, 0.2) is 0 Å². The number of rotatable bonds is 3. The molecule has 0 saturated heterocycles. The van der Waals surface area contributed by atoms with Crippen LogP contribution in [0.25, 0.3) is 11.1 Å². The second kappa shape index (κ2) is 5.84. The van der Waals surface area contributed by atoms with Crippen molar-refractivity contribution in [3.05, 3.63) is 53.6 Å². The second-order valence-electron chi connectivity index (χ2n) is 5.33. The summed E-state index contributed by atoms with van der Waals surface area (Å²) in [7, 11) is 0. The standard InChI is InChI=1S/C16H15F4N/c1-10(2)7-13-8-14(15(17)9-21-13)11-3-5-12(6-4-11)16(18,19)20/h3-6,8-10H,7H2,1-2H3. The normalized spacial score (nSPS) is 12.0. The Hall–Kier alpha value is -1.91. The van der Waals surface area contributed by atoms with E-state index in [1.165, 1.54) is 12.1 Å². The van der Waals surface area contributed by atoms with E-state index in [4.69, 9.17) is 0 Å². The van der Waals surface area contributed by atoms with Crippen molar-refractivity contribution in [3.8, 4) is 11.1 Å². The first kappa shape index (κ1) is 15.5. The monoisotopic (exact) mass is 297 g/mol. The number of hydrogen-bond donors (Lipinski definition) is 0. The summed E-state index contributed by atoms with van der Waals surface area (Å²) in [6.45, 7) is 4.03. The molecule has 1 nitrogen and oxygen atoms in total. The Morgan fingerprint density at radius 1 is 1.10 bits per heavy atom. The molecule has 0 saturated carbocycles. The van der Waals surface area contributed by atoms with E-state index in [1.807, 2.05) is 13.8 Å². The van der Waals surface area contributed by atoms with Gasteiger partial charge in [-0.15, -0.1) is 0 Å². The highest BCUT2D eigenvalue weighted by molar-refractivity contribution is 5.64. The third-order valence-corrected chi connectivity index (χ3v) is 3.05. The molecule has 1 aromatic heterocycles. The van der Waals surface area contributed by atoms with Crippen LogP contribution >= 0.6 is 0 Å². The molecule has 0 aliphatic rings. The van der Waals surface area contributed by atoms with Crippen molar-refractivity contribution in [1.29, 1.82) is 0 Å². The summed E-state index contributed by atoms with van der Waals surface area (Å²) >= 11 is 0. The largest absolute Gasteiger partial charge is 0.416 e. The van der Waals surface area contributed by atoms with Gasteiger partial charge in [0, 0.05) is 11.3 Å². The molecule has 0 fully saturated rings. The molecule has 21 heavy (non-hydrogen) atoms. The van der Waals surface area contributed by atoms with Gasteiger partial charge in [0.2, 0.25) is 0 Å². The van der Waals surface area contributed by atoms with Crippen molar-refractivity contribution in [3.63, 3.8) is 0 Å². The first-order chi connectivity index (χ1) is 9.77. The van der Waals surface area contributed by atoms with E-state index < -0.39 is 17.6 Å². The zero-order valence-corrected chi connectivity index (χ0v) is 11.7. The highest BCUT2D eigenvalue weighted by atomic mass is 19.4. The van der Waals surface area contributed by atoms with Gasteiger partial charge >= 0.3 is 6.18 Å². The lowest BCUT2D eigenvalue weighted by molar-refractivity contribution is -0.137. The van der Waals surface area contributed by atoms with E-state index in [-0.39, 0.29) is 5.56 Å². The molecule has 0 atom stereocenters. The molecule has 2 aromatic rings. The maximum atomic E-state index is 13.8. The second-order valence-corrected chi connectivity index (χ2v) is 5.33. The van der Waals surface area contributed by atoms with E-state index in [0.717, 1.165) is 24.0 Å². The summed E-state index contributed by atoms with van der Waals surface area (Å²) in [6, 6.07) is 6.06. The van der Waals surface area contributed by atoms with Crippen molar-refractivity contribution in [2.45, 2.75) is 26.4 Å². The van der Waals surface area contributed by atoms with Gasteiger partial charge in [-0.25, -0.2) is 4.39 Å². The van der Waals surface area contributed by atoms with Gasteiger partial charge in [0.1, 0.15) is 5.82 Å². The third-order valence-electron chi connectivity index (χ3n) is 3.05. The van der Waals surface area contributed by atoms with Crippen LogP contribution in [-0.2, 0) is 12.6 Å². The zero-order chi connectivity index (χ0) is 15.6. The van der Waals surface area contributed by atoms with E-state index in [2.05, 4.69) is 4.98 Å². The quantitative estimate of drug-likeness (QED) is 0.718. The van der Waals surface area contributed by atoms with Gasteiger partial charge in [-0.05, 0) is 36.1 Å². The molecule has 1 aromatic carbocycles. The minimum Gasteiger partial charge on any atom is -0.258 e. The van der Waals surface area contributed by atoms with E-state index in [9.17, 15) is 17.6 Å². The predicted molar refractivity (Wildman–Crippen MR) is 73.2 cm³/mol. The van der Waals surface area contributed by atoms with E-state index in [0.29, 0.717) is 17.9 Å². The number of nitrogens with zero attached hydrogens (tertiary/aromatic N) is 1. The topological polar surface area (TPSA) is 12.9 Å². The maximum Gasteiger partial charge on any atom is 0.416 e. The fourth-order valence-corrected chi connectivity index (χ4v) is 2.07. The fourth-order valence-electron chi connectivity index (χ4n) is 2.07. The maximum absolute atomic E-state index is 13.8. The van der Waals surface area contributed by atoms with Gasteiger partial charge in [-0.3, -0.25) is 4.98 Å². The number of benzene rings is 1. The highest BCUT2D eigenvalue weighted by Gasteiger charge is 2.30. The number of hydrogen-bond acceptors (Lipinski definition) is 1. The van der Waals surface area contributed by atoms with E-state index >= 15 is 0 Å². The lowest BCUT2D eigenvalue weighted by Gasteiger charge is -2.10. The van der Waals surface area contributed by atoms with Gasteiger partial charge in [0.25, 0.3) is 0 Å². The van der Waals surface area contributed by atoms with Crippen molar-refractivity contribution in [1.82, 2.24) is 4.98 Å². The molecular formula is C16H15F4N. The van der Waals surface area contributed by atoms with Crippen LogP contribution < -0.4 is 0 Å². The molecule has 5 heteroatoms. The Morgan fingerprint density at radius 2 is 1.71 bits per heavy atom. The molecule has 0 aliphatic carbocycles. The van der Waals surface area contributed by atoms with E-state index in [1.54, 1.807) is 6.07 Å². The summed E-state index contributed by atoms with van der Waals surface area (Å²) in [5, 5.41) is 0. The summed E-state index contributed by atoms with van der Waals surface area (Å²) in [5.41, 5.74) is 0.659. The Labute approximate surface area is 120 Å². The molecule has 112 valence electrons. The lowest BCUT2D eigenvalue weighted by Crippen LogP contribution is -2.04. The fraction of sp³-hybridized carbons (Fsp3) is 0.312. The smallest absolute Gasteiger partial charge is 0.258 e. The zero-order valence-electron chi connectivity index (χ0n) is 11.7. The molecular weight excluding hydrogens is 282 g/mol. The minimum absolute atomic E-state index is 0.273. The first-order valence-electron chi connectivity index (χ1n) is 6.59. The predicted octanol–water partition coefficient (Wildman–Crippen LogP) is 5.11. The van der Waals surface area contributed by atoms with Crippen molar-refractivity contribution in [2.75, 3.05) is 0 Å². The number of aromatic nitrogens is 1. The molecule has 2 rings (SSSR count). The molecule has 0 N–H and O–H groups in total. The molecule has 0 unspecified atom stereocenters. The van der Waals surface area contributed by atoms with Gasteiger partial charge < -0.3 is 0 Å². The van der Waals surface area contributed by atoms with Gasteiger partial charge in [-0.1, -0.05) is 26.0 Å². The van der Waals surface area contributed by atoms with Crippen LogP contribution in [0.15, 0.2) is 36.5 Å². The number of alkyl halides is 3. The Bertz CT molecular complexity index is 615. The Balaban J connectivity index is 2.37. The van der Waals surface area contributed by atoms with Gasteiger partial charge in [-0.2, -0.15) is 13.2 Å².